The minimum absolute atomic E-state index is 0.00422. The zero-order valence-electron chi connectivity index (χ0n) is 21.5. The van der Waals surface area contributed by atoms with Crippen molar-refractivity contribution in [3.63, 3.8) is 0 Å². The number of aromatic nitrogens is 2. The first-order valence-corrected chi connectivity index (χ1v) is 13.2. The fraction of sp³-hybridized carbons (Fsp3) is 0.172. The number of rotatable bonds is 10. The highest BCUT2D eigenvalue weighted by Crippen LogP contribution is 2.29. The monoisotopic (exact) mass is 595 g/mol. The van der Waals surface area contributed by atoms with Crippen LogP contribution in [0.2, 0.25) is 10.0 Å². The second-order valence-corrected chi connectivity index (χ2v) is 9.70. The van der Waals surface area contributed by atoms with E-state index in [1.165, 1.54) is 39.9 Å². The number of benzene rings is 3. The van der Waals surface area contributed by atoms with Crippen LogP contribution in [0.15, 0.2) is 71.5 Å². The average molecular weight is 596 g/mol. The number of carboxylic acid groups (broad SMARTS) is 1. The van der Waals surface area contributed by atoms with E-state index in [9.17, 15) is 14.4 Å². The molecule has 0 spiro atoms. The molecule has 12 heteroatoms. The summed E-state index contributed by atoms with van der Waals surface area (Å²) in [5.41, 5.74) is 3.05. The predicted molar refractivity (Wildman–Crippen MR) is 156 cm³/mol. The van der Waals surface area contributed by atoms with E-state index >= 15 is 4.39 Å². The Labute approximate surface area is 244 Å². The van der Waals surface area contributed by atoms with E-state index in [1.54, 1.807) is 30.3 Å². The average Bonchev–Trinajstić information content (AvgIpc) is 2.95. The SMILES string of the molecule is C#CCC(c1nc2cc(Cl)ccc2c(=O)n1Nc1ccccc1)N(CCCNC(=O)O)C(=O)c1cccc(Cl)c1F. The van der Waals surface area contributed by atoms with Gasteiger partial charge < -0.3 is 15.3 Å². The Bertz CT molecular complexity index is 1690. The number of anilines is 1. The van der Waals surface area contributed by atoms with E-state index < -0.39 is 29.4 Å². The van der Waals surface area contributed by atoms with Crippen LogP contribution in [0, 0.1) is 18.2 Å². The Morgan fingerprint density at radius 3 is 2.59 bits per heavy atom. The van der Waals surface area contributed by atoms with Gasteiger partial charge in [0.2, 0.25) is 0 Å². The van der Waals surface area contributed by atoms with Gasteiger partial charge in [-0.05, 0) is 48.9 Å². The summed E-state index contributed by atoms with van der Waals surface area (Å²) in [5.74, 6) is 0.892. The molecule has 9 nitrogen and oxygen atoms in total. The van der Waals surface area contributed by atoms with E-state index in [2.05, 4.69) is 16.7 Å². The van der Waals surface area contributed by atoms with Crippen LogP contribution in [0.3, 0.4) is 0 Å². The second kappa shape index (κ2) is 13.2. The van der Waals surface area contributed by atoms with Gasteiger partial charge in [0, 0.05) is 24.5 Å². The van der Waals surface area contributed by atoms with Crippen LogP contribution in [-0.4, -0.2) is 44.8 Å². The van der Waals surface area contributed by atoms with Crippen LogP contribution in [0.5, 0.6) is 0 Å². The summed E-state index contributed by atoms with van der Waals surface area (Å²) in [7, 11) is 0. The summed E-state index contributed by atoms with van der Waals surface area (Å²) in [6.07, 6.45) is 4.54. The summed E-state index contributed by atoms with van der Waals surface area (Å²) in [4.78, 5) is 44.6. The molecule has 41 heavy (non-hydrogen) atoms. The summed E-state index contributed by atoms with van der Waals surface area (Å²) in [6.45, 7) is -0.0675. The summed E-state index contributed by atoms with van der Waals surface area (Å²) < 4.78 is 16.2. The molecule has 210 valence electrons. The van der Waals surface area contributed by atoms with E-state index in [4.69, 9.17) is 39.7 Å². The van der Waals surface area contributed by atoms with E-state index in [0.29, 0.717) is 10.7 Å². The molecular formula is C29H24Cl2FN5O4. The molecule has 0 saturated heterocycles. The molecule has 4 aromatic rings. The smallest absolute Gasteiger partial charge is 0.404 e. The number of halogens is 3. The van der Waals surface area contributed by atoms with Crippen molar-refractivity contribution in [1.82, 2.24) is 19.9 Å². The molecule has 1 atom stereocenters. The Balaban J connectivity index is 1.91. The van der Waals surface area contributed by atoms with Gasteiger partial charge in [0.05, 0.1) is 27.2 Å². The molecule has 0 radical (unpaired) electrons. The number of nitrogens with zero attached hydrogens (tertiary/aromatic N) is 3. The molecule has 1 heterocycles. The van der Waals surface area contributed by atoms with Gasteiger partial charge in [-0.15, -0.1) is 12.3 Å². The molecule has 0 fully saturated rings. The molecule has 1 unspecified atom stereocenters. The third-order valence-corrected chi connectivity index (χ3v) is 6.68. The van der Waals surface area contributed by atoms with Gasteiger partial charge in [-0.25, -0.2) is 18.8 Å². The molecule has 0 aliphatic heterocycles. The summed E-state index contributed by atoms with van der Waals surface area (Å²) in [6, 6.07) is 16.4. The van der Waals surface area contributed by atoms with Crippen molar-refractivity contribution in [2.45, 2.75) is 18.9 Å². The normalized spacial score (nSPS) is 11.5. The Morgan fingerprint density at radius 1 is 1.12 bits per heavy atom. The lowest BCUT2D eigenvalue weighted by Gasteiger charge is -2.32. The van der Waals surface area contributed by atoms with Crippen LogP contribution in [0.1, 0.15) is 35.1 Å². The van der Waals surface area contributed by atoms with E-state index in [-0.39, 0.29) is 53.2 Å². The highest BCUT2D eigenvalue weighted by Gasteiger charge is 2.32. The second-order valence-electron chi connectivity index (χ2n) is 8.86. The first-order chi connectivity index (χ1) is 19.7. The molecule has 0 aliphatic carbocycles. The molecule has 4 rings (SSSR count). The zero-order valence-corrected chi connectivity index (χ0v) is 23.0. The number of fused-ring (bicyclic) bond motifs is 1. The fourth-order valence-electron chi connectivity index (χ4n) is 4.27. The maximum Gasteiger partial charge on any atom is 0.404 e. The third-order valence-electron chi connectivity index (χ3n) is 6.15. The van der Waals surface area contributed by atoms with Gasteiger partial charge in [-0.3, -0.25) is 15.0 Å². The quantitative estimate of drug-likeness (QED) is 0.163. The minimum atomic E-state index is -1.24. The third kappa shape index (κ3) is 6.77. The Kier molecular flexibility index (Phi) is 9.45. The maximum atomic E-state index is 15.0. The molecule has 2 amide bonds. The first-order valence-electron chi connectivity index (χ1n) is 12.4. The van der Waals surface area contributed by atoms with Gasteiger partial charge in [0.25, 0.3) is 11.5 Å². The lowest BCUT2D eigenvalue weighted by molar-refractivity contribution is 0.0660. The highest BCUT2D eigenvalue weighted by molar-refractivity contribution is 6.31. The number of terminal acetylenes is 1. The van der Waals surface area contributed by atoms with Crippen LogP contribution >= 0.6 is 23.2 Å². The van der Waals surface area contributed by atoms with E-state index in [0.717, 1.165) is 0 Å². The van der Waals surface area contributed by atoms with Gasteiger partial charge >= 0.3 is 6.09 Å². The van der Waals surface area contributed by atoms with Gasteiger partial charge in [-0.1, -0.05) is 47.5 Å². The number of nitrogens with one attached hydrogen (secondary N) is 2. The molecule has 0 saturated carbocycles. The molecule has 0 aliphatic rings. The standard InChI is InChI=1S/C29H24Cl2FN5O4/c1-2-8-24(36(16-7-15-33-29(40)41)27(38)21-11-6-12-22(31)25(21)32)26-34-23-17-18(30)13-14-20(23)28(39)37(26)35-19-9-4-3-5-10-19/h1,3-6,9-14,17,24,33,35H,7-8,15-16H2,(H,40,41). The van der Waals surface area contributed by atoms with Crippen molar-refractivity contribution in [1.29, 1.82) is 0 Å². The number of hydrogen-bond donors (Lipinski definition) is 3. The van der Waals surface area contributed by atoms with Crippen molar-refractivity contribution < 1.29 is 19.1 Å². The van der Waals surface area contributed by atoms with Crippen molar-refractivity contribution in [3.05, 3.63) is 104 Å². The number of carbonyl (C=O) groups excluding carboxylic acids is 1. The topological polar surface area (TPSA) is 117 Å². The minimum Gasteiger partial charge on any atom is -0.465 e. The van der Waals surface area contributed by atoms with Crippen LogP contribution in [0.4, 0.5) is 14.9 Å². The summed E-state index contributed by atoms with van der Waals surface area (Å²) in [5, 5.41) is 11.6. The van der Waals surface area contributed by atoms with Crippen molar-refractivity contribution in [2.75, 3.05) is 18.5 Å². The van der Waals surface area contributed by atoms with Crippen molar-refractivity contribution in [2.24, 2.45) is 0 Å². The fourth-order valence-corrected chi connectivity index (χ4v) is 4.61. The van der Waals surface area contributed by atoms with Gasteiger partial charge in [0.1, 0.15) is 6.04 Å². The van der Waals surface area contributed by atoms with Crippen molar-refractivity contribution >= 4 is 51.8 Å². The van der Waals surface area contributed by atoms with Crippen LogP contribution in [0.25, 0.3) is 10.9 Å². The molecule has 3 N–H and O–H groups in total. The predicted octanol–water partition coefficient (Wildman–Crippen LogP) is 5.58. The number of hydrogen-bond acceptors (Lipinski definition) is 5. The lowest BCUT2D eigenvalue weighted by atomic mass is 10.1. The van der Waals surface area contributed by atoms with Crippen LogP contribution in [-0.2, 0) is 0 Å². The van der Waals surface area contributed by atoms with Crippen molar-refractivity contribution in [3.8, 4) is 12.3 Å². The number of amides is 2. The van der Waals surface area contributed by atoms with Gasteiger partial charge in [0.15, 0.2) is 11.6 Å². The molecular weight excluding hydrogens is 572 g/mol. The number of para-hydroxylation sites is 1. The largest absolute Gasteiger partial charge is 0.465 e. The molecule has 3 aromatic carbocycles. The molecule has 0 bridgehead atoms. The van der Waals surface area contributed by atoms with Gasteiger partial charge in [-0.2, -0.15) is 0 Å². The zero-order chi connectivity index (χ0) is 29.5. The Hall–Kier alpha value is -4.59. The summed E-state index contributed by atoms with van der Waals surface area (Å²) >= 11 is 12.2. The van der Waals surface area contributed by atoms with Crippen LogP contribution < -0.4 is 16.3 Å². The Morgan fingerprint density at radius 2 is 1.88 bits per heavy atom. The first kappa shape index (κ1) is 29.4. The molecule has 1 aromatic heterocycles. The lowest BCUT2D eigenvalue weighted by Crippen LogP contribution is -2.42. The maximum absolute atomic E-state index is 15.0. The number of carbonyl (C=O) groups is 2. The van der Waals surface area contributed by atoms with E-state index in [1.807, 2.05) is 6.07 Å². The highest BCUT2D eigenvalue weighted by atomic mass is 35.5.